The largest absolute Gasteiger partial charge is 0.490 e. The van der Waals surface area contributed by atoms with Crippen molar-refractivity contribution in [2.24, 2.45) is 0 Å². The van der Waals surface area contributed by atoms with Gasteiger partial charge in [-0.25, -0.2) is 4.79 Å². The molecule has 0 radical (unpaired) electrons. The van der Waals surface area contributed by atoms with E-state index in [1.165, 1.54) is 0 Å². The van der Waals surface area contributed by atoms with Crippen molar-refractivity contribution in [3.05, 3.63) is 23.8 Å². The number of carbonyl (C=O) groups excluding carboxylic acids is 1. The summed E-state index contributed by atoms with van der Waals surface area (Å²) in [6.45, 7) is 4.74. The van der Waals surface area contributed by atoms with Crippen molar-refractivity contribution in [2.45, 2.75) is 31.8 Å². The molecule has 6 heteroatoms. The van der Waals surface area contributed by atoms with Gasteiger partial charge in [0.1, 0.15) is 18.5 Å². The highest BCUT2D eigenvalue weighted by atomic mass is 16.5. The zero-order chi connectivity index (χ0) is 16.8. The number of hydrogen-bond acceptors (Lipinski definition) is 6. The Bertz CT molecular complexity index is 552. The first kappa shape index (κ1) is 17.0. The van der Waals surface area contributed by atoms with Crippen LogP contribution in [0.15, 0.2) is 18.2 Å². The molecule has 1 aromatic carbocycles. The molecule has 3 rings (SSSR count). The predicted octanol–water partition coefficient (Wildman–Crippen LogP) is 2.08. The Labute approximate surface area is 142 Å². The van der Waals surface area contributed by atoms with Crippen molar-refractivity contribution in [3.63, 3.8) is 0 Å². The van der Waals surface area contributed by atoms with E-state index >= 15 is 0 Å². The lowest BCUT2D eigenvalue weighted by Crippen LogP contribution is -2.38. The molecule has 132 valence electrons. The zero-order valence-corrected chi connectivity index (χ0v) is 14.0. The normalized spacial score (nSPS) is 19.3. The lowest BCUT2D eigenvalue weighted by molar-refractivity contribution is 0.0310. The van der Waals surface area contributed by atoms with E-state index in [0.29, 0.717) is 23.6 Å². The molecule has 1 aliphatic carbocycles. The quantitative estimate of drug-likeness (QED) is 0.634. The highest BCUT2D eigenvalue weighted by Crippen LogP contribution is 2.26. The highest BCUT2D eigenvalue weighted by molar-refractivity contribution is 5.90. The number of anilines is 1. The Morgan fingerprint density at radius 2 is 2.00 bits per heavy atom. The number of nitrogens with two attached hydrogens (primary N) is 1. The van der Waals surface area contributed by atoms with Crippen LogP contribution in [0.5, 0.6) is 5.75 Å². The Balaban J connectivity index is 1.53. The minimum atomic E-state index is -0.292. The van der Waals surface area contributed by atoms with Gasteiger partial charge in [0.2, 0.25) is 0 Å². The molecule has 24 heavy (non-hydrogen) atoms. The summed E-state index contributed by atoms with van der Waals surface area (Å²) in [4.78, 5) is 14.5. The number of benzene rings is 1. The molecule has 2 aliphatic rings. The fraction of sp³-hybridized carbons (Fsp3) is 0.611. The van der Waals surface area contributed by atoms with Gasteiger partial charge in [0.05, 0.1) is 24.5 Å². The topological polar surface area (TPSA) is 74.0 Å². The molecule has 2 fully saturated rings. The molecule has 1 saturated heterocycles. The molecule has 0 aromatic heterocycles. The van der Waals surface area contributed by atoms with Crippen LogP contribution in [0.4, 0.5) is 5.69 Å². The number of esters is 1. The number of ether oxygens (including phenoxy) is 3. The van der Waals surface area contributed by atoms with Crippen LogP contribution in [-0.2, 0) is 9.47 Å². The summed E-state index contributed by atoms with van der Waals surface area (Å²) < 4.78 is 16.6. The van der Waals surface area contributed by atoms with Gasteiger partial charge < -0.3 is 19.9 Å². The van der Waals surface area contributed by atoms with Gasteiger partial charge in [-0.05, 0) is 43.9 Å². The summed E-state index contributed by atoms with van der Waals surface area (Å²) in [5, 5.41) is 0. The number of nitrogens with zero attached hydrogens (tertiary/aromatic N) is 1. The average Bonchev–Trinajstić information content (AvgIpc) is 3.10. The fourth-order valence-electron chi connectivity index (χ4n) is 3.12. The van der Waals surface area contributed by atoms with E-state index < -0.39 is 0 Å². The van der Waals surface area contributed by atoms with Gasteiger partial charge in [-0.1, -0.05) is 0 Å². The monoisotopic (exact) mass is 334 g/mol. The van der Waals surface area contributed by atoms with Crippen molar-refractivity contribution in [1.29, 1.82) is 0 Å². The fourth-order valence-corrected chi connectivity index (χ4v) is 3.12. The minimum Gasteiger partial charge on any atom is -0.490 e. The molecule has 1 saturated carbocycles. The Morgan fingerprint density at radius 1 is 1.25 bits per heavy atom. The molecule has 0 spiro atoms. The maximum Gasteiger partial charge on any atom is 0.338 e. The number of nitrogen functional groups attached to an aromatic ring is 1. The van der Waals surface area contributed by atoms with E-state index in [0.717, 1.165) is 58.5 Å². The second-order valence-corrected chi connectivity index (χ2v) is 6.37. The molecule has 0 bridgehead atoms. The van der Waals surface area contributed by atoms with Crippen molar-refractivity contribution >= 4 is 11.7 Å². The van der Waals surface area contributed by atoms with E-state index in [2.05, 4.69) is 4.90 Å². The van der Waals surface area contributed by atoms with Crippen molar-refractivity contribution in [2.75, 3.05) is 45.2 Å². The van der Waals surface area contributed by atoms with Crippen molar-refractivity contribution < 1.29 is 19.0 Å². The zero-order valence-electron chi connectivity index (χ0n) is 14.0. The molecule has 0 unspecified atom stereocenters. The van der Waals surface area contributed by atoms with Crippen molar-refractivity contribution in [1.82, 2.24) is 4.90 Å². The van der Waals surface area contributed by atoms with E-state index in [1.54, 1.807) is 18.2 Å². The number of carbonyl (C=O) groups is 1. The summed E-state index contributed by atoms with van der Waals surface area (Å²) in [5.41, 5.74) is 7.00. The standard InChI is InChI=1S/C18H26N2O4/c19-16-6-5-14(18(21)24-15-3-1-2-4-15)13-17(16)23-12-9-20-7-10-22-11-8-20/h5-6,13,15H,1-4,7-12,19H2. The van der Waals surface area contributed by atoms with Crippen LogP contribution in [0.3, 0.4) is 0 Å². The average molecular weight is 334 g/mol. The van der Waals surface area contributed by atoms with Crippen LogP contribution in [0.25, 0.3) is 0 Å². The number of rotatable bonds is 6. The number of morpholine rings is 1. The highest BCUT2D eigenvalue weighted by Gasteiger charge is 2.20. The third-order valence-electron chi connectivity index (χ3n) is 4.59. The molecule has 0 atom stereocenters. The second kappa shape index (κ2) is 8.35. The van der Waals surface area contributed by atoms with Crippen LogP contribution in [0, 0.1) is 0 Å². The van der Waals surface area contributed by atoms with E-state index in [1.807, 2.05) is 0 Å². The predicted molar refractivity (Wildman–Crippen MR) is 91.3 cm³/mol. The Kier molecular flexibility index (Phi) is 5.93. The summed E-state index contributed by atoms with van der Waals surface area (Å²) in [6.07, 6.45) is 4.25. The van der Waals surface area contributed by atoms with E-state index in [-0.39, 0.29) is 12.1 Å². The number of hydrogen-bond donors (Lipinski definition) is 1. The van der Waals surface area contributed by atoms with Crippen LogP contribution in [-0.4, -0.2) is 56.4 Å². The van der Waals surface area contributed by atoms with Crippen LogP contribution < -0.4 is 10.5 Å². The summed E-state index contributed by atoms with van der Waals surface area (Å²) >= 11 is 0. The lowest BCUT2D eigenvalue weighted by Gasteiger charge is -2.26. The summed E-state index contributed by atoms with van der Waals surface area (Å²) in [6, 6.07) is 5.09. The SMILES string of the molecule is Nc1ccc(C(=O)OC2CCCC2)cc1OCCN1CCOCC1. The van der Waals surface area contributed by atoms with E-state index in [4.69, 9.17) is 19.9 Å². The van der Waals surface area contributed by atoms with Crippen molar-refractivity contribution in [3.8, 4) is 5.75 Å². The molecular formula is C18H26N2O4. The summed E-state index contributed by atoms with van der Waals surface area (Å²) in [5.74, 6) is 0.254. The Morgan fingerprint density at radius 3 is 2.75 bits per heavy atom. The van der Waals surface area contributed by atoms with Gasteiger partial charge in [-0.3, -0.25) is 4.90 Å². The molecule has 6 nitrogen and oxygen atoms in total. The molecule has 0 amide bonds. The first-order chi connectivity index (χ1) is 11.7. The maximum atomic E-state index is 12.2. The first-order valence-electron chi connectivity index (χ1n) is 8.76. The van der Waals surface area contributed by atoms with Gasteiger partial charge in [-0.15, -0.1) is 0 Å². The third kappa shape index (κ3) is 4.61. The van der Waals surface area contributed by atoms with E-state index in [9.17, 15) is 4.79 Å². The first-order valence-corrected chi connectivity index (χ1v) is 8.76. The van der Waals surface area contributed by atoms with Crippen LogP contribution >= 0.6 is 0 Å². The third-order valence-corrected chi connectivity index (χ3v) is 4.59. The summed E-state index contributed by atoms with van der Waals surface area (Å²) in [7, 11) is 0. The smallest absolute Gasteiger partial charge is 0.338 e. The maximum absolute atomic E-state index is 12.2. The van der Waals surface area contributed by atoms with Gasteiger partial charge in [-0.2, -0.15) is 0 Å². The van der Waals surface area contributed by atoms with Gasteiger partial charge in [0.25, 0.3) is 0 Å². The molecule has 1 heterocycles. The minimum absolute atomic E-state index is 0.0562. The van der Waals surface area contributed by atoms with Crippen LogP contribution in [0.2, 0.25) is 0 Å². The van der Waals surface area contributed by atoms with Gasteiger partial charge in [0, 0.05) is 19.6 Å². The van der Waals surface area contributed by atoms with Crippen LogP contribution in [0.1, 0.15) is 36.0 Å². The lowest BCUT2D eigenvalue weighted by atomic mass is 10.2. The molecule has 1 aromatic rings. The van der Waals surface area contributed by atoms with Gasteiger partial charge >= 0.3 is 5.97 Å². The molecule has 1 aliphatic heterocycles. The molecular weight excluding hydrogens is 308 g/mol. The second-order valence-electron chi connectivity index (χ2n) is 6.37. The Hall–Kier alpha value is -1.79. The molecule has 2 N–H and O–H groups in total. The van der Waals surface area contributed by atoms with Gasteiger partial charge in [0.15, 0.2) is 0 Å².